The van der Waals surface area contributed by atoms with E-state index in [0.717, 1.165) is 12.1 Å². The average molecular weight is 312 g/mol. The number of nitrogen functional groups attached to an aromatic ring is 1. The Kier molecular flexibility index (Phi) is 3.96. The molecule has 3 nitrogen and oxygen atoms in total. The SMILES string of the molecule is N#Cc1cc(C(F)(F)F)ccc1Nc1ccc(N)cc1Cl. The fraction of sp³-hybridized carbons (Fsp3) is 0.0714. The highest BCUT2D eigenvalue weighted by molar-refractivity contribution is 6.33. The van der Waals surface area contributed by atoms with Crippen LogP contribution in [0.2, 0.25) is 5.02 Å². The first kappa shape index (κ1) is 15.0. The number of nitrogens with one attached hydrogen (secondary N) is 1. The molecule has 0 saturated carbocycles. The molecule has 0 unspecified atom stereocenters. The molecule has 21 heavy (non-hydrogen) atoms. The summed E-state index contributed by atoms with van der Waals surface area (Å²) in [4.78, 5) is 0. The largest absolute Gasteiger partial charge is 0.416 e. The number of anilines is 3. The number of alkyl halides is 3. The Labute approximate surface area is 123 Å². The van der Waals surface area contributed by atoms with Gasteiger partial charge in [0.25, 0.3) is 0 Å². The second-order valence-electron chi connectivity index (χ2n) is 4.23. The maximum Gasteiger partial charge on any atom is 0.416 e. The van der Waals surface area contributed by atoms with Crippen molar-refractivity contribution < 1.29 is 13.2 Å². The summed E-state index contributed by atoms with van der Waals surface area (Å²) in [7, 11) is 0. The van der Waals surface area contributed by atoms with Gasteiger partial charge in [0, 0.05) is 5.69 Å². The molecule has 108 valence electrons. The lowest BCUT2D eigenvalue weighted by Gasteiger charge is -2.13. The third-order valence-corrected chi connectivity index (χ3v) is 3.04. The molecule has 0 spiro atoms. The molecule has 0 aliphatic carbocycles. The van der Waals surface area contributed by atoms with Crippen LogP contribution in [0.5, 0.6) is 0 Å². The first-order valence-electron chi connectivity index (χ1n) is 5.74. The molecular weight excluding hydrogens is 303 g/mol. The van der Waals surface area contributed by atoms with E-state index in [0.29, 0.717) is 16.4 Å². The van der Waals surface area contributed by atoms with Crippen LogP contribution in [-0.2, 0) is 6.18 Å². The van der Waals surface area contributed by atoms with E-state index >= 15 is 0 Å². The minimum atomic E-state index is -4.50. The highest BCUT2D eigenvalue weighted by atomic mass is 35.5. The maximum atomic E-state index is 12.6. The minimum Gasteiger partial charge on any atom is -0.399 e. The number of rotatable bonds is 2. The maximum absolute atomic E-state index is 12.6. The van der Waals surface area contributed by atoms with Gasteiger partial charge in [0.15, 0.2) is 0 Å². The van der Waals surface area contributed by atoms with Crippen LogP contribution < -0.4 is 11.1 Å². The molecule has 2 aromatic rings. The van der Waals surface area contributed by atoms with Crippen molar-refractivity contribution in [3.05, 3.63) is 52.5 Å². The van der Waals surface area contributed by atoms with Crippen molar-refractivity contribution in [2.75, 3.05) is 11.1 Å². The lowest BCUT2D eigenvalue weighted by molar-refractivity contribution is -0.137. The summed E-state index contributed by atoms with van der Waals surface area (Å²) in [5, 5.41) is 12.1. The highest BCUT2D eigenvalue weighted by Crippen LogP contribution is 2.33. The van der Waals surface area contributed by atoms with Gasteiger partial charge >= 0.3 is 6.18 Å². The predicted molar refractivity (Wildman–Crippen MR) is 75.3 cm³/mol. The van der Waals surface area contributed by atoms with E-state index in [-0.39, 0.29) is 11.3 Å². The third-order valence-electron chi connectivity index (χ3n) is 2.73. The summed E-state index contributed by atoms with van der Waals surface area (Å²) in [6.07, 6.45) is -4.50. The molecule has 0 amide bonds. The van der Waals surface area contributed by atoms with Gasteiger partial charge in [-0.05, 0) is 36.4 Å². The first-order chi connectivity index (χ1) is 9.81. The monoisotopic (exact) mass is 311 g/mol. The number of nitriles is 1. The van der Waals surface area contributed by atoms with Crippen LogP contribution in [0.25, 0.3) is 0 Å². The Morgan fingerprint density at radius 2 is 1.76 bits per heavy atom. The molecule has 0 saturated heterocycles. The molecular formula is C14H9ClF3N3. The van der Waals surface area contributed by atoms with E-state index in [2.05, 4.69) is 5.32 Å². The Morgan fingerprint density at radius 1 is 1.10 bits per heavy atom. The highest BCUT2D eigenvalue weighted by Gasteiger charge is 2.31. The number of nitrogens with two attached hydrogens (primary N) is 1. The van der Waals surface area contributed by atoms with Gasteiger partial charge in [-0.3, -0.25) is 0 Å². The second kappa shape index (κ2) is 5.54. The fourth-order valence-corrected chi connectivity index (χ4v) is 1.94. The Balaban J connectivity index is 2.39. The zero-order valence-corrected chi connectivity index (χ0v) is 11.3. The van der Waals surface area contributed by atoms with Gasteiger partial charge in [0.2, 0.25) is 0 Å². The predicted octanol–water partition coefficient (Wildman–Crippen LogP) is 4.56. The molecule has 2 aromatic carbocycles. The molecule has 0 atom stereocenters. The summed E-state index contributed by atoms with van der Waals surface area (Å²) in [5.74, 6) is 0. The number of benzene rings is 2. The summed E-state index contributed by atoms with van der Waals surface area (Å²) in [6, 6.07) is 9.27. The molecule has 0 aliphatic heterocycles. The van der Waals surface area contributed by atoms with Gasteiger partial charge < -0.3 is 11.1 Å². The van der Waals surface area contributed by atoms with E-state index in [4.69, 9.17) is 22.6 Å². The summed E-state index contributed by atoms with van der Waals surface area (Å²) >= 11 is 5.97. The van der Waals surface area contributed by atoms with Crippen molar-refractivity contribution in [2.45, 2.75) is 6.18 Å². The molecule has 7 heteroatoms. The number of nitrogens with zero attached hydrogens (tertiary/aromatic N) is 1. The van der Waals surface area contributed by atoms with E-state index in [1.165, 1.54) is 12.1 Å². The molecule has 0 heterocycles. The van der Waals surface area contributed by atoms with E-state index < -0.39 is 11.7 Å². The van der Waals surface area contributed by atoms with E-state index in [9.17, 15) is 13.2 Å². The summed E-state index contributed by atoms with van der Waals surface area (Å²) in [5.41, 5.74) is 5.68. The standard InChI is InChI=1S/C14H9ClF3N3/c15-11-6-10(20)2-4-13(11)21-12-3-1-9(14(16,17)18)5-8(12)7-19/h1-6,21H,20H2. The van der Waals surface area contributed by atoms with Crippen LogP contribution in [0.4, 0.5) is 30.2 Å². The van der Waals surface area contributed by atoms with Crippen molar-refractivity contribution in [1.82, 2.24) is 0 Å². The van der Waals surface area contributed by atoms with Crippen molar-refractivity contribution in [3.63, 3.8) is 0 Å². The van der Waals surface area contributed by atoms with Crippen LogP contribution in [-0.4, -0.2) is 0 Å². The number of hydrogen-bond acceptors (Lipinski definition) is 3. The van der Waals surface area contributed by atoms with E-state index in [1.807, 2.05) is 0 Å². The Hall–Kier alpha value is -2.39. The van der Waals surface area contributed by atoms with Crippen LogP contribution in [0.15, 0.2) is 36.4 Å². The topological polar surface area (TPSA) is 61.8 Å². The van der Waals surface area contributed by atoms with Gasteiger partial charge in [0.05, 0.1) is 27.5 Å². The minimum absolute atomic E-state index is 0.127. The van der Waals surface area contributed by atoms with Crippen molar-refractivity contribution in [2.24, 2.45) is 0 Å². The zero-order chi connectivity index (χ0) is 15.6. The smallest absolute Gasteiger partial charge is 0.399 e. The summed E-state index contributed by atoms with van der Waals surface area (Å²) < 4.78 is 37.8. The van der Waals surface area contributed by atoms with Crippen LogP contribution in [0.3, 0.4) is 0 Å². The lowest BCUT2D eigenvalue weighted by Crippen LogP contribution is -2.06. The number of halogens is 4. The normalized spacial score (nSPS) is 11.0. The molecule has 2 rings (SSSR count). The quantitative estimate of drug-likeness (QED) is 0.799. The molecule has 0 radical (unpaired) electrons. The van der Waals surface area contributed by atoms with Gasteiger partial charge in [-0.2, -0.15) is 18.4 Å². The molecule has 0 bridgehead atoms. The van der Waals surface area contributed by atoms with Gasteiger partial charge in [-0.15, -0.1) is 0 Å². The summed E-state index contributed by atoms with van der Waals surface area (Å²) in [6.45, 7) is 0. The Morgan fingerprint density at radius 3 is 2.33 bits per heavy atom. The fourth-order valence-electron chi connectivity index (χ4n) is 1.70. The molecule has 0 fully saturated rings. The van der Waals surface area contributed by atoms with E-state index in [1.54, 1.807) is 18.2 Å². The molecule has 3 N–H and O–H groups in total. The second-order valence-corrected chi connectivity index (χ2v) is 4.64. The molecule has 0 aliphatic rings. The average Bonchev–Trinajstić information content (AvgIpc) is 2.41. The zero-order valence-electron chi connectivity index (χ0n) is 10.5. The van der Waals surface area contributed by atoms with Crippen molar-refractivity contribution in [1.29, 1.82) is 5.26 Å². The van der Waals surface area contributed by atoms with Gasteiger partial charge in [-0.25, -0.2) is 0 Å². The lowest BCUT2D eigenvalue weighted by atomic mass is 10.1. The number of hydrogen-bond donors (Lipinski definition) is 2. The third kappa shape index (κ3) is 3.38. The van der Waals surface area contributed by atoms with Crippen molar-refractivity contribution >= 4 is 28.7 Å². The van der Waals surface area contributed by atoms with Gasteiger partial charge in [0.1, 0.15) is 6.07 Å². The van der Waals surface area contributed by atoms with Crippen LogP contribution in [0, 0.1) is 11.3 Å². The molecule has 0 aromatic heterocycles. The van der Waals surface area contributed by atoms with Crippen LogP contribution >= 0.6 is 11.6 Å². The van der Waals surface area contributed by atoms with Crippen LogP contribution in [0.1, 0.15) is 11.1 Å². The van der Waals surface area contributed by atoms with Gasteiger partial charge in [-0.1, -0.05) is 11.6 Å². The first-order valence-corrected chi connectivity index (χ1v) is 6.12. The van der Waals surface area contributed by atoms with Crippen molar-refractivity contribution in [3.8, 4) is 6.07 Å². The Bertz CT molecular complexity index is 720.